The van der Waals surface area contributed by atoms with Gasteiger partial charge < -0.3 is 19.5 Å². The number of hydrogen-bond donors (Lipinski definition) is 1. The van der Waals surface area contributed by atoms with Crippen molar-refractivity contribution in [3.05, 3.63) is 11.2 Å². The van der Waals surface area contributed by atoms with Crippen molar-refractivity contribution in [2.75, 3.05) is 31.7 Å². The van der Waals surface area contributed by atoms with Crippen molar-refractivity contribution in [1.29, 1.82) is 0 Å². The molecule has 0 aromatic carbocycles. The Morgan fingerprint density at radius 1 is 1.52 bits per heavy atom. The van der Waals surface area contributed by atoms with Gasteiger partial charge in [-0.1, -0.05) is 11.6 Å². The van der Waals surface area contributed by atoms with Crippen LogP contribution in [0.4, 0.5) is 5.82 Å². The number of carbonyl (C=O) groups is 1. The largest absolute Gasteiger partial charge is 0.481 e. The van der Waals surface area contributed by atoms with Crippen LogP contribution in [0, 0.1) is 0 Å². The van der Waals surface area contributed by atoms with Gasteiger partial charge in [0.15, 0.2) is 5.82 Å². The van der Waals surface area contributed by atoms with Gasteiger partial charge in [-0.15, -0.1) is 0 Å². The molecule has 0 radical (unpaired) electrons. The minimum absolute atomic E-state index is 0.0369. The van der Waals surface area contributed by atoms with Crippen LogP contribution in [0.5, 0.6) is 6.01 Å². The highest BCUT2D eigenvalue weighted by Gasteiger charge is 2.23. The lowest BCUT2D eigenvalue weighted by Gasteiger charge is -2.33. The lowest BCUT2D eigenvalue weighted by Crippen LogP contribution is -2.38. The Kier molecular flexibility index (Phi) is 5.58. The molecule has 1 fully saturated rings. The molecule has 2 rings (SSSR count). The highest BCUT2D eigenvalue weighted by molar-refractivity contribution is 6.32. The maximum atomic E-state index is 10.4. The van der Waals surface area contributed by atoms with Gasteiger partial charge in [0.2, 0.25) is 0 Å². The van der Waals surface area contributed by atoms with Crippen LogP contribution in [0.25, 0.3) is 0 Å². The molecule has 0 aliphatic carbocycles. The lowest BCUT2D eigenvalue weighted by atomic mass is 10.1. The minimum Gasteiger partial charge on any atom is -0.481 e. The number of methoxy groups -OCH3 is 1. The van der Waals surface area contributed by atoms with E-state index in [0.29, 0.717) is 10.8 Å². The third-order valence-electron chi connectivity index (χ3n) is 3.30. The number of carboxylic acids is 1. The smallest absolute Gasteiger partial charge is 0.318 e. The third kappa shape index (κ3) is 4.44. The monoisotopic (exact) mass is 315 g/mol. The van der Waals surface area contributed by atoms with Crippen LogP contribution in [0.2, 0.25) is 5.02 Å². The summed E-state index contributed by atoms with van der Waals surface area (Å²) in [7, 11) is 1.51. The van der Waals surface area contributed by atoms with E-state index in [0.717, 1.165) is 25.9 Å². The van der Waals surface area contributed by atoms with Gasteiger partial charge in [-0.25, -0.2) is 4.98 Å². The predicted molar refractivity (Wildman–Crippen MR) is 77.0 cm³/mol. The van der Waals surface area contributed by atoms with Crippen molar-refractivity contribution in [2.45, 2.75) is 25.4 Å². The number of ether oxygens (including phenoxy) is 2. The number of aromatic nitrogens is 2. The molecule has 1 aliphatic rings. The van der Waals surface area contributed by atoms with E-state index in [-0.39, 0.29) is 25.1 Å². The van der Waals surface area contributed by atoms with E-state index in [1.54, 1.807) is 0 Å². The Bertz CT molecular complexity index is 492. The lowest BCUT2D eigenvalue weighted by molar-refractivity contribution is -0.138. The molecule has 0 atom stereocenters. The normalized spacial score (nSPS) is 16.0. The first-order valence-corrected chi connectivity index (χ1v) is 7.13. The zero-order chi connectivity index (χ0) is 15.2. The number of hydrogen-bond acceptors (Lipinski definition) is 6. The van der Waals surface area contributed by atoms with E-state index in [9.17, 15) is 4.79 Å². The molecule has 1 N–H and O–H groups in total. The van der Waals surface area contributed by atoms with Crippen molar-refractivity contribution < 1.29 is 19.4 Å². The van der Waals surface area contributed by atoms with E-state index in [1.165, 1.54) is 13.3 Å². The second kappa shape index (κ2) is 7.42. The van der Waals surface area contributed by atoms with Crippen molar-refractivity contribution >= 4 is 23.4 Å². The van der Waals surface area contributed by atoms with Crippen LogP contribution in [0.1, 0.15) is 19.3 Å². The third-order valence-corrected chi connectivity index (χ3v) is 3.56. The summed E-state index contributed by atoms with van der Waals surface area (Å²) in [5.41, 5.74) is 0. The molecule has 0 saturated carbocycles. The molecule has 21 heavy (non-hydrogen) atoms. The van der Waals surface area contributed by atoms with Gasteiger partial charge in [-0.05, 0) is 12.8 Å². The van der Waals surface area contributed by atoms with Gasteiger partial charge in [0.05, 0.1) is 32.4 Å². The molecular formula is C13H18ClN3O4. The summed E-state index contributed by atoms with van der Waals surface area (Å²) in [6.45, 7) is 1.75. The molecule has 8 heteroatoms. The maximum Gasteiger partial charge on any atom is 0.318 e. The average molecular weight is 316 g/mol. The summed E-state index contributed by atoms with van der Waals surface area (Å²) >= 11 is 6.12. The minimum atomic E-state index is -0.840. The first-order chi connectivity index (χ1) is 10.1. The highest BCUT2D eigenvalue weighted by Crippen LogP contribution is 2.27. The van der Waals surface area contributed by atoms with Crippen LogP contribution in [-0.4, -0.2) is 54.0 Å². The van der Waals surface area contributed by atoms with E-state index < -0.39 is 5.97 Å². The van der Waals surface area contributed by atoms with E-state index in [1.807, 2.05) is 0 Å². The summed E-state index contributed by atoms with van der Waals surface area (Å²) < 4.78 is 10.6. The molecule has 2 heterocycles. The molecule has 7 nitrogen and oxygen atoms in total. The van der Waals surface area contributed by atoms with E-state index in [2.05, 4.69) is 14.9 Å². The van der Waals surface area contributed by atoms with E-state index >= 15 is 0 Å². The Labute approximate surface area is 127 Å². The fraction of sp³-hybridized carbons (Fsp3) is 0.615. The van der Waals surface area contributed by atoms with Crippen LogP contribution >= 0.6 is 11.6 Å². The van der Waals surface area contributed by atoms with Gasteiger partial charge in [0, 0.05) is 13.1 Å². The zero-order valence-corrected chi connectivity index (χ0v) is 12.5. The molecular weight excluding hydrogens is 298 g/mol. The number of aliphatic carboxylic acids is 1. The second-order valence-electron chi connectivity index (χ2n) is 4.73. The fourth-order valence-corrected chi connectivity index (χ4v) is 2.42. The number of rotatable bonds is 6. The molecule has 1 aromatic rings. The standard InChI is InChI=1S/C13H18ClN3O4/c1-20-13-15-8-10(14)12(16-13)17-5-2-9(3-6-17)21-7-4-11(18)19/h8-9H,2-7H2,1H3,(H,18,19). The van der Waals surface area contributed by atoms with Crippen LogP contribution in [0.15, 0.2) is 6.20 Å². The Hall–Kier alpha value is -1.60. The SMILES string of the molecule is COc1ncc(Cl)c(N2CCC(OCCC(=O)O)CC2)n1. The van der Waals surface area contributed by atoms with E-state index in [4.69, 9.17) is 26.2 Å². The Morgan fingerprint density at radius 2 is 2.24 bits per heavy atom. The average Bonchev–Trinajstić information content (AvgIpc) is 2.48. The maximum absolute atomic E-state index is 10.4. The van der Waals surface area contributed by atoms with Gasteiger partial charge in [0.1, 0.15) is 5.02 Å². The van der Waals surface area contributed by atoms with Crippen molar-refractivity contribution in [3.8, 4) is 6.01 Å². The quantitative estimate of drug-likeness (QED) is 0.853. The molecule has 1 aliphatic heterocycles. The fourth-order valence-electron chi connectivity index (χ4n) is 2.21. The molecule has 0 amide bonds. The number of nitrogens with zero attached hydrogens (tertiary/aromatic N) is 3. The van der Waals surface area contributed by atoms with Crippen molar-refractivity contribution in [2.24, 2.45) is 0 Å². The molecule has 0 unspecified atom stereocenters. The van der Waals surface area contributed by atoms with Crippen LogP contribution in [0.3, 0.4) is 0 Å². The summed E-state index contributed by atoms with van der Waals surface area (Å²) in [6.07, 6.45) is 3.26. The Morgan fingerprint density at radius 3 is 2.86 bits per heavy atom. The summed E-state index contributed by atoms with van der Waals surface area (Å²) in [4.78, 5) is 20.7. The molecule has 1 aromatic heterocycles. The predicted octanol–water partition coefficient (Wildman–Crippen LogP) is 1.60. The van der Waals surface area contributed by atoms with Crippen molar-refractivity contribution in [3.63, 3.8) is 0 Å². The topological polar surface area (TPSA) is 84.8 Å². The molecule has 0 spiro atoms. The number of piperidine rings is 1. The molecule has 116 valence electrons. The first kappa shape index (κ1) is 15.8. The summed E-state index contributed by atoms with van der Waals surface area (Å²) in [5.74, 6) is -0.181. The second-order valence-corrected chi connectivity index (χ2v) is 5.14. The first-order valence-electron chi connectivity index (χ1n) is 6.75. The van der Waals surface area contributed by atoms with Crippen molar-refractivity contribution in [1.82, 2.24) is 9.97 Å². The van der Waals surface area contributed by atoms with Gasteiger partial charge in [-0.3, -0.25) is 4.79 Å². The van der Waals surface area contributed by atoms with Crippen LogP contribution < -0.4 is 9.64 Å². The van der Waals surface area contributed by atoms with Crippen LogP contribution in [-0.2, 0) is 9.53 Å². The van der Waals surface area contributed by atoms with Gasteiger partial charge in [-0.2, -0.15) is 4.98 Å². The Balaban J connectivity index is 1.87. The molecule has 0 bridgehead atoms. The summed E-state index contributed by atoms with van der Waals surface area (Å²) in [5, 5.41) is 9.07. The molecule has 1 saturated heterocycles. The summed E-state index contributed by atoms with van der Waals surface area (Å²) in [6, 6.07) is 0.286. The number of anilines is 1. The highest BCUT2D eigenvalue weighted by atomic mass is 35.5. The zero-order valence-electron chi connectivity index (χ0n) is 11.8. The van der Waals surface area contributed by atoms with Gasteiger partial charge >= 0.3 is 12.0 Å². The number of carboxylic acid groups (broad SMARTS) is 1. The number of halogens is 1. The van der Waals surface area contributed by atoms with Gasteiger partial charge in [0.25, 0.3) is 0 Å².